The highest BCUT2D eigenvalue weighted by atomic mass is 32.2. The zero-order valence-corrected chi connectivity index (χ0v) is 15.4. The van der Waals surface area contributed by atoms with Crippen molar-refractivity contribution in [1.82, 2.24) is 14.9 Å². The first-order valence-corrected chi connectivity index (χ1v) is 8.99. The van der Waals surface area contributed by atoms with Gasteiger partial charge in [0.2, 0.25) is 5.16 Å². The van der Waals surface area contributed by atoms with Gasteiger partial charge in [-0.2, -0.15) is 9.78 Å². The van der Waals surface area contributed by atoms with E-state index in [1.165, 1.54) is 23.9 Å². The summed E-state index contributed by atoms with van der Waals surface area (Å²) in [6.45, 7) is 0. The number of phenolic OH excluding ortho intramolecular Hbond substituents is 2. The molecule has 2 aromatic carbocycles. The fourth-order valence-corrected chi connectivity index (χ4v) is 3.53. The number of fused-ring (bicyclic) bond motifs is 1. The number of methoxy groups -OCH3 is 2. The number of thioether (sulfide) groups is 1. The Bertz CT molecular complexity index is 1030. The van der Waals surface area contributed by atoms with E-state index >= 15 is 0 Å². The second-order valence-corrected chi connectivity index (χ2v) is 6.70. The van der Waals surface area contributed by atoms with Crippen LogP contribution in [0.3, 0.4) is 0 Å². The highest BCUT2D eigenvalue weighted by Crippen LogP contribution is 2.33. The molecule has 1 aliphatic rings. The highest BCUT2D eigenvalue weighted by molar-refractivity contribution is 7.99. The van der Waals surface area contributed by atoms with Crippen LogP contribution in [0.1, 0.15) is 5.56 Å². The number of rotatable bonds is 4. The Balaban J connectivity index is 1.80. The third-order valence-corrected chi connectivity index (χ3v) is 5.02. The van der Waals surface area contributed by atoms with Crippen molar-refractivity contribution in [2.45, 2.75) is 5.16 Å². The maximum Gasteiger partial charge on any atom is 0.212 e. The van der Waals surface area contributed by atoms with Gasteiger partial charge in [-0.15, -0.1) is 10.2 Å². The Labute approximate surface area is 159 Å². The molecule has 0 unspecified atom stereocenters. The number of hydrogen-bond acceptors (Lipinski definition) is 8. The molecule has 1 aliphatic heterocycles. The van der Waals surface area contributed by atoms with Crippen LogP contribution < -0.4 is 9.47 Å². The maximum atomic E-state index is 9.76. The summed E-state index contributed by atoms with van der Waals surface area (Å²) in [5, 5.41) is 33.1. The van der Waals surface area contributed by atoms with Crippen LogP contribution in [0, 0.1) is 0 Å². The van der Waals surface area contributed by atoms with Crippen molar-refractivity contribution in [3.8, 4) is 34.4 Å². The van der Waals surface area contributed by atoms with Crippen molar-refractivity contribution in [3.05, 3.63) is 42.0 Å². The van der Waals surface area contributed by atoms with Crippen molar-refractivity contribution in [2.75, 3.05) is 20.0 Å². The third kappa shape index (κ3) is 3.17. The van der Waals surface area contributed by atoms with Crippen molar-refractivity contribution >= 4 is 17.5 Å². The fraction of sp³-hybridized carbons (Fsp3) is 0.167. The predicted molar refractivity (Wildman–Crippen MR) is 101 cm³/mol. The molecular weight excluding hydrogens is 368 g/mol. The third-order valence-electron chi connectivity index (χ3n) is 4.09. The largest absolute Gasteiger partial charge is 0.504 e. The number of aromatic nitrogens is 3. The van der Waals surface area contributed by atoms with E-state index < -0.39 is 0 Å². The minimum atomic E-state index is -0.187. The van der Waals surface area contributed by atoms with E-state index in [1.54, 1.807) is 31.0 Å². The van der Waals surface area contributed by atoms with E-state index in [-0.39, 0.29) is 11.5 Å². The van der Waals surface area contributed by atoms with E-state index in [0.717, 1.165) is 11.3 Å². The number of phenols is 2. The molecule has 0 fully saturated rings. The Hall–Kier alpha value is -3.20. The molecule has 9 heteroatoms. The molecule has 1 aromatic heterocycles. The lowest BCUT2D eigenvalue weighted by Gasteiger charge is -2.15. The van der Waals surface area contributed by atoms with Gasteiger partial charge in [-0.3, -0.25) is 0 Å². The second kappa shape index (κ2) is 6.84. The fourth-order valence-electron chi connectivity index (χ4n) is 2.69. The van der Waals surface area contributed by atoms with Crippen LogP contribution in [0.5, 0.6) is 23.0 Å². The quantitative estimate of drug-likeness (QED) is 0.667. The molecule has 0 spiro atoms. The zero-order valence-electron chi connectivity index (χ0n) is 14.6. The lowest BCUT2D eigenvalue weighted by molar-refractivity contribution is 0.394. The molecule has 0 radical (unpaired) electrons. The van der Waals surface area contributed by atoms with Crippen molar-refractivity contribution in [2.24, 2.45) is 5.10 Å². The van der Waals surface area contributed by atoms with Crippen LogP contribution >= 0.6 is 11.8 Å². The molecule has 4 rings (SSSR count). The number of hydrogen-bond donors (Lipinski definition) is 2. The van der Waals surface area contributed by atoms with Gasteiger partial charge < -0.3 is 19.7 Å². The summed E-state index contributed by atoms with van der Waals surface area (Å²) < 4.78 is 12.3. The Kier molecular flexibility index (Phi) is 4.36. The molecule has 27 heavy (non-hydrogen) atoms. The summed E-state index contributed by atoms with van der Waals surface area (Å²) in [7, 11) is 3.17. The molecule has 0 bridgehead atoms. The summed E-state index contributed by atoms with van der Waals surface area (Å²) in [6, 6.07) is 10.1. The predicted octanol–water partition coefficient (Wildman–Crippen LogP) is 2.73. The van der Waals surface area contributed by atoms with Crippen LogP contribution in [-0.2, 0) is 0 Å². The lowest BCUT2D eigenvalue weighted by atomic mass is 10.1. The van der Waals surface area contributed by atoms with Gasteiger partial charge in [0.05, 0.1) is 19.9 Å². The van der Waals surface area contributed by atoms with Gasteiger partial charge in [-0.25, -0.2) is 0 Å². The smallest absolute Gasteiger partial charge is 0.212 e. The van der Waals surface area contributed by atoms with E-state index in [0.29, 0.717) is 33.8 Å². The number of benzene rings is 2. The zero-order chi connectivity index (χ0) is 19.0. The van der Waals surface area contributed by atoms with Crippen molar-refractivity contribution in [3.63, 3.8) is 0 Å². The summed E-state index contributed by atoms with van der Waals surface area (Å²) in [4.78, 5) is 0. The van der Waals surface area contributed by atoms with E-state index in [9.17, 15) is 10.2 Å². The summed E-state index contributed by atoms with van der Waals surface area (Å²) in [6.07, 6.45) is 0. The van der Waals surface area contributed by atoms with Crippen molar-refractivity contribution in [1.29, 1.82) is 0 Å². The first-order chi connectivity index (χ1) is 13.1. The van der Waals surface area contributed by atoms with Gasteiger partial charge >= 0.3 is 0 Å². The van der Waals surface area contributed by atoms with Crippen LogP contribution in [0.15, 0.2) is 46.7 Å². The second-order valence-electron chi connectivity index (χ2n) is 5.76. The normalized spacial score (nSPS) is 13.0. The Morgan fingerprint density at radius 3 is 2.33 bits per heavy atom. The number of aromatic hydroxyl groups is 2. The van der Waals surface area contributed by atoms with Gasteiger partial charge in [0.25, 0.3) is 0 Å². The van der Waals surface area contributed by atoms with E-state index in [4.69, 9.17) is 9.47 Å². The standard InChI is InChI=1S/C18H16N4O4S/c1-25-12-5-11(6-13(8-12)26-2)17-19-20-18-22(17)21-14(9-27-18)10-3-4-15(23)16(24)7-10/h3-8,23-24H,9H2,1-2H3. The monoisotopic (exact) mass is 384 g/mol. The topological polar surface area (TPSA) is 102 Å². The Morgan fingerprint density at radius 1 is 0.926 bits per heavy atom. The average molecular weight is 384 g/mol. The molecule has 2 heterocycles. The molecule has 0 saturated carbocycles. The lowest BCUT2D eigenvalue weighted by Crippen LogP contribution is -2.13. The van der Waals surface area contributed by atoms with Gasteiger partial charge in [0, 0.05) is 22.9 Å². The summed E-state index contributed by atoms with van der Waals surface area (Å²) in [5.74, 6) is 2.04. The highest BCUT2D eigenvalue weighted by Gasteiger charge is 2.22. The Morgan fingerprint density at radius 2 is 1.67 bits per heavy atom. The molecular formula is C18H16N4O4S. The molecule has 0 saturated heterocycles. The number of ether oxygens (including phenoxy) is 2. The van der Waals surface area contributed by atoms with Crippen LogP contribution in [0.4, 0.5) is 0 Å². The molecule has 0 amide bonds. The average Bonchev–Trinajstić information content (AvgIpc) is 3.12. The van der Waals surface area contributed by atoms with Gasteiger partial charge in [-0.1, -0.05) is 11.8 Å². The SMILES string of the molecule is COc1cc(OC)cc(-c2nnc3n2N=C(c2ccc(O)c(O)c2)CS3)c1. The van der Waals surface area contributed by atoms with Crippen LogP contribution in [-0.4, -0.2) is 50.8 Å². The summed E-state index contributed by atoms with van der Waals surface area (Å²) in [5.41, 5.74) is 2.20. The van der Waals surface area contributed by atoms with Crippen LogP contribution in [0.2, 0.25) is 0 Å². The maximum absolute atomic E-state index is 9.76. The van der Waals surface area contributed by atoms with Crippen molar-refractivity contribution < 1.29 is 19.7 Å². The molecule has 8 nitrogen and oxygen atoms in total. The van der Waals surface area contributed by atoms with Crippen LogP contribution in [0.25, 0.3) is 11.4 Å². The van der Waals surface area contributed by atoms with E-state index in [1.807, 2.05) is 12.1 Å². The summed E-state index contributed by atoms with van der Waals surface area (Å²) >= 11 is 1.49. The van der Waals surface area contributed by atoms with Gasteiger partial charge in [0.15, 0.2) is 17.3 Å². The van der Waals surface area contributed by atoms with Gasteiger partial charge in [0.1, 0.15) is 11.5 Å². The minimum absolute atomic E-state index is 0.169. The molecule has 0 aliphatic carbocycles. The molecule has 138 valence electrons. The molecule has 0 atom stereocenters. The first-order valence-electron chi connectivity index (χ1n) is 8.01. The molecule has 2 N–H and O–H groups in total. The first kappa shape index (κ1) is 17.2. The molecule has 3 aromatic rings. The minimum Gasteiger partial charge on any atom is -0.504 e. The van der Waals surface area contributed by atoms with E-state index in [2.05, 4.69) is 15.3 Å². The van der Waals surface area contributed by atoms with Gasteiger partial charge in [-0.05, 0) is 30.3 Å². The number of nitrogens with zero attached hydrogens (tertiary/aromatic N) is 4.